The van der Waals surface area contributed by atoms with E-state index in [-0.39, 0.29) is 6.10 Å². The molecule has 1 fully saturated rings. The van der Waals surface area contributed by atoms with E-state index in [1.54, 1.807) is 0 Å². The zero-order chi connectivity index (χ0) is 11.7. The Balaban J connectivity index is 1.89. The van der Waals surface area contributed by atoms with Gasteiger partial charge in [-0.15, -0.1) is 10.2 Å². The van der Waals surface area contributed by atoms with Crippen molar-refractivity contribution in [1.29, 1.82) is 0 Å². The zero-order valence-corrected chi connectivity index (χ0v) is 9.42. The second kappa shape index (κ2) is 4.18. The SMILES string of the molecule is Cc1ccc(-c2nnco2)c(OC[C@@H]2CO2)c1. The Hall–Kier alpha value is -1.88. The Morgan fingerprint density at radius 3 is 3.06 bits per heavy atom. The van der Waals surface area contributed by atoms with E-state index >= 15 is 0 Å². The number of benzene rings is 1. The van der Waals surface area contributed by atoms with E-state index in [9.17, 15) is 0 Å². The van der Waals surface area contributed by atoms with Gasteiger partial charge in [0.05, 0.1) is 12.2 Å². The molecule has 5 nitrogen and oxygen atoms in total. The highest BCUT2D eigenvalue weighted by atomic mass is 16.6. The van der Waals surface area contributed by atoms with Gasteiger partial charge in [-0.1, -0.05) is 6.07 Å². The van der Waals surface area contributed by atoms with Crippen LogP contribution >= 0.6 is 0 Å². The number of epoxide rings is 1. The number of hydrogen-bond acceptors (Lipinski definition) is 5. The Kier molecular flexibility index (Phi) is 2.53. The van der Waals surface area contributed by atoms with Crippen molar-refractivity contribution in [2.45, 2.75) is 13.0 Å². The quantitative estimate of drug-likeness (QED) is 0.752. The predicted molar refractivity (Wildman–Crippen MR) is 59.7 cm³/mol. The van der Waals surface area contributed by atoms with Crippen LogP contribution in [-0.4, -0.2) is 29.5 Å². The maximum Gasteiger partial charge on any atom is 0.251 e. The fraction of sp³-hybridized carbons (Fsp3) is 0.333. The highest BCUT2D eigenvalue weighted by Gasteiger charge is 2.24. The number of hydrogen-bond donors (Lipinski definition) is 0. The molecule has 0 aliphatic carbocycles. The molecule has 2 heterocycles. The van der Waals surface area contributed by atoms with Crippen LogP contribution in [-0.2, 0) is 4.74 Å². The molecule has 0 saturated carbocycles. The number of aromatic nitrogens is 2. The van der Waals surface area contributed by atoms with Crippen molar-refractivity contribution in [3.05, 3.63) is 30.2 Å². The van der Waals surface area contributed by atoms with Crippen LogP contribution in [0, 0.1) is 6.92 Å². The molecule has 2 aromatic rings. The summed E-state index contributed by atoms with van der Waals surface area (Å²) < 4.78 is 16.0. The normalized spacial score (nSPS) is 18.1. The summed E-state index contributed by atoms with van der Waals surface area (Å²) in [6, 6.07) is 5.87. The Morgan fingerprint density at radius 2 is 2.35 bits per heavy atom. The van der Waals surface area contributed by atoms with Crippen LogP contribution in [0.25, 0.3) is 11.5 Å². The van der Waals surface area contributed by atoms with E-state index in [1.807, 2.05) is 25.1 Å². The van der Waals surface area contributed by atoms with E-state index in [0.29, 0.717) is 12.5 Å². The predicted octanol–water partition coefficient (Wildman–Crippen LogP) is 1.82. The number of ether oxygens (including phenoxy) is 2. The minimum Gasteiger partial charge on any atom is -0.490 e. The van der Waals surface area contributed by atoms with Gasteiger partial charge in [-0.3, -0.25) is 0 Å². The summed E-state index contributed by atoms with van der Waals surface area (Å²) >= 11 is 0. The van der Waals surface area contributed by atoms with Crippen LogP contribution in [0.1, 0.15) is 5.56 Å². The maximum absolute atomic E-state index is 5.71. The first-order valence-corrected chi connectivity index (χ1v) is 5.44. The van der Waals surface area contributed by atoms with Gasteiger partial charge in [0, 0.05) is 0 Å². The first kappa shape index (κ1) is 10.3. The molecule has 1 saturated heterocycles. The van der Waals surface area contributed by atoms with Crippen molar-refractivity contribution < 1.29 is 13.9 Å². The Morgan fingerprint density at radius 1 is 1.47 bits per heavy atom. The van der Waals surface area contributed by atoms with E-state index < -0.39 is 0 Å². The molecular formula is C12H12N2O3. The summed E-state index contributed by atoms with van der Waals surface area (Å²) in [7, 11) is 0. The summed E-state index contributed by atoms with van der Waals surface area (Å²) in [5, 5.41) is 7.56. The van der Waals surface area contributed by atoms with Crippen molar-refractivity contribution >= 4 is 0 Å². The van der Waals surface area contributed by atoms with Gasteiger partial charge in [-0.25, -0.2) is 0 Å². The van der Waals surface area contributed by atoms with Crippen LogP contribution in [0.4, 0.5) is 0 Å². The molecule has 88 valence electrons. The van der Waals surface area contributed by atoms with Gasteiger partial charge < -0.3 is 13.9 Å². The van der Waals surface area contributed by atoms with Crippen molar-refractivity contribution in [2.75, 3.05) is 13.2 Å². The zero-order valence-electron chi connectivity index (χ0n) is 9.42. The number of aryl methyl sites for hydroxylation is 1. The van der Waals surface area contributed by atoms with Crippen LogP contribution in [0.5, 0.6) is 5.75 Å². The summed E-state index contributed by atoms with van der Waals surface area (Å²) in [6.07, 6.45) is 1.54. The summed E-state index contributed by atoms with van der Waals surface area (Å²) in [4.78, 5) is 0. The van der Waals surface area contributed by atoms with Gasteiger partial charge in [0.1, 0.15) is 18.5 Å². The molecule has 0 spiro atoms. The average Bonchev–Trinajstić information content (AvgIpc) is 3.00. The lowest BCUT2D eigenvalue weighted by molar-refractivity contribution is 0.263. The maximum atomic E-state index is 5.71. The van der Waals surface area contributed by atoms with Crippen LogP contribution < -0.4 is 4.74 Å². The monoisotopic (exact) mass is 232 g/mol. The minimum atomic E-state index is 0.228. The number of rotatable bonds is 4. The topological polar surface area (TPSA) is 60.7 Å². The fourth-order valence-electron chi connectivity index (χ4n) is 1.56. The van der Waals surface area contributed by atoms with Crippen LogP contribution in [0.3, 0.4) is 0 Å². The second-order valence-corrected chi connectivity index (χ2v) is 4.01. The molecule has 1 aromatic heterocycles. The highest BCUT2D eigenvalue weighted by molar-refractivity contribution is 5.63. The molecule has 17 heavy (non-hydrogen) atoms. The lowest BCUT2D eigenvalue weighted by Gasteiger charge is -2.08. The molecule has 0 N–H and O–H groups in total. The summed E-state index contributed by atoms with van der Waals surface area (Å²) in [5.41, 5.74) is 1.94. The third kappa shape index (κ3) is 2.29. The van der Waals surface area contributed by atoms with E-state index in [0.717, 1.165) is 23.5 Å². The van der Waals surface area contributed by atoms with Crippen molar-refractivity contribution in [1.82, 2.24) is 10.2 Å². The number of nitrogens with zero attached hydrogens (tertiary/aromatic N) is 2. The highest BCUT2D eigenvalue weighted by Crippen LogP contribution is 2.30. The van der Waals surface area contributed by atoms with Gasteiger partial charge in [0.25, 0.3) is 5.89 Å². The lowest BCUT2D eigenvalue weighted by atomic mass is 10.1. The molecule has 1 aliphatic heterocycles. The van der Waals surface area contributed by atoms with Crippen LogP contribution in [0.2, 0.25) is 0 Å². The van der Waals surface area contributed by atoms with Crippen molar-refractivity contribution in [3.8, 4) is 17.2 Å². The van der Waals surface area contributed by atoms with Crippen LogP contribution in [0.15, 0.2) is 29.0 Å². The van der Waals surface area contributed by atoms with Gasteiger partial charge in [-0.05, 0) is 24.6 Å². The molecule has 1 aromatic carbocycles. The third-order valence-electron chi connectivity index (χ3n) is 2.55. The molecule has 5 heteroatoms. The van der Waals surface area contributed by atoms with Gasteiger partial charge in [0.2, 0.25) is 6.39 Å². The van der Waals surface area contributed by atoms with E-state index in [4.69, 9.17) is 13.9 Å². The molecular weight excluding hydrogens is 220 g/mol. The third-order valence-corrected chi connectivity index (χ3v) is 2.55. The molecule has 3 rings (SSSR count). The van der Waals surface area contributed by atoms with Gasteiger partial charge in [-0.2, -0.15) is 0 Å². The first-order chi connectivity index (χ1) is 8.33. The van der Waals surface area contributed by atoms with Gasteiger partial charge >= 0.3 is 0 Å². The van der Waals surface area contributed by atoms with E-state index in [2.05, 4.69) is 10.2 Å². The fourth-order valence-corrected chi connectivity index (χ4v) is 1.56. The summed E-state index contributed by atoms with van der Waals surface area (Å²) in [6.45, 7) is 3.35. The Labute approximate surface area is 98.4 Å². The van der Waals surface area contributed by atoms with Crippen molar-refractivity contribution in [3.63, 3.8) is 0 Å². The lowest BCUT2D eigenvalue weighted by Crippen LogP contribution is -2.05. The average molecular weight is 232 g/mol. The second-order valence-electron chi connectivity index (χ2n) is 4.01. The molecule has 1 aliphatic rings. The first-order valence-electron chi connectivity index (χ1n) is 5.44. The molecule has 0 radical (unpaired) electrons. The van der Waals surface area contributed by atoms with Gasteiger partial charge in [0.15, 0.2) is 0 Å². The minimum absolute atomic E-state index is 0.228. The standard InChI is InChI=1S/C12H12N2O3/c1-8-2-3-10(12-14-13-7-17-12)11(4-8)16-6-9-5-15-9/h2-4,7,9H,5-6H2,1H3/t9-/m0/s1. The molecule has 0 amide bonds. The largest absolute Gasteiger partial charge is 0.490 e. The summed E-state index contributed by atoms with van der Waals surface area (Å²) in [5.74, 6) is 1.22. The molecule has 1 atom stereocenters. The molecule has 0 bridgehead atoms. The Bertz CT molecular complexity index is 506. The van der Waals surface area contributed by atoms with E-state index in [1.165, 1.54) is 6.39 Å². The smallest absolute Gasteiger partial charge is 0.251 e. The molecule has 0 unspecified atom stereocenters. The van der Waals surface area contributed by atoms with Crippen molar-refractivity contribution in [2.24, 2.45) is 0 Å².